The Hall–Kier alpha value is -1.57. The lowest BCUT2D eigenvalue weighted by Crippen LogP contribution is -1.86. The molecular formula is C12H14O2. The van der Waals surface area contributed by atoms with E-state index in [1.807, 2.05) is 31.2 Å². The van der Waals surface area contributed by atoms with E-state index < -0.39 is 0 Å². The van der Waals surface area contributed by atoms with Crippen LogP contribution in [0.15, 0.2) is 30.3 Å². The molecule has 0 fully saturated rings. The molecule has 2 heteroatoms. The van der Waals surface area contributed by atoms with E-state index in [0.717, 1.165) is 29.6 Å². The summed E-state index contributed by atoms with van der Waals surface area (Å²) in [5, 5.41) is 0. The van der Waals surface area contributed by atoms with Crippen LogP contribution in [-0.4, -0.2) is 13.4 Å². The van der Waals surface area contributed by atoms with Crippen LogP contribution in [0.1, 0.15) is 18.9 Å². The molecule has 0 spiro atoms. The zero-order chi connectivity index (χ0) is 10.4. The largest absolute Gasteiger partial charge is 0.497 e. The molecule has 0 aliphatic heterocycles. The summed E-state index contributed by atoms with van der Waals surface area (Å²) in [7, 11) is 1.64. The summed E-state index contributed by atoms with van der Waals surface area (Å²) in [6.45, 7) is 2.03. The Bertz CT molecular complexity index is 323. The third-order valence-corrected chi connectivity index (χ3v) is 2.11. The molecule has 1 aromatic rings. The highest BCUT2D eigenvalue weighted by Crippen LogP contribution is 2.20. The number of benzene rings is 1. The molecule has 14 heavy (non-hydrogen) atoms. The first-order chi connectivity index (χ1) is 6.81. The van der Waals surface area contributed by atoms with Gasteiger partial charge in [-0.3, -0.25) is 4.79 Å². The Morgan fingerprint density at radius 2 is 2.00 bits per heavy atom. The van der Waals surface area contributed by atoms with E-state index in [0.29, 0.717) is 0 Å². The molecule has 0 saturated carbocycles. The number of ether oxygens (including phenoxy) is 1. The summed E-state index contributed by atoms with van der Waals surface area (Å²) in [5.74, 6) is 0.829. The van der Waals surface area contributed by atoms with Crippen molar-refractivity contribution in [3.63, 3.8) is 0 Å². The molecule has 0 amide bonds. The van der Waals surface area contributed by atoms with Crippen molar-refractivity contribution in [3.8, 4) is 5.75 Å². The van der Waals surface area contributed by atoms with Gasteiger partial charge in [0.2, 0.25) is 0 Å². The van der Waals surface area contributed by atoms with E-state index in [1.54, 1.807) is 13.2 Å². The molecule has 0 N–H and O–H groups in total. The molecule has 0 saturated heterocycles. The fourth-order valence-corrected chi connectivity index (χ4v) is 1.31. The number of hydrogen-bond donors (Lipinski definition) is 0. The topological polar surface area (TPSA) is 26.3 Å². The van der Waals surface area contributed by atoms with Gasteiger partial charge in [-0.15, -0.1) is 0 Å². The number of carbonyl (C=O) groups is 1. The maximum atomic E-state index is 10.4. The minimum Gasteiger partial charge on any atom is -0.497 e. The zero-order valence-electron chi connectivity index (χ0n) is 8.49. The molecule has 0 unspecified atom stereocenters. The number of methoxy groups -OCH3 is 1. The molecule has 0 radical (unpaired) electrons. The first-order valence-electron chi connectivity index (χ1n) is 4.60. The Labute approximate surface area is 84.2 Å². The molecule has 0 aromatic heterocycles. The molecular weight excluding hydrogens is 176 g/mol. The van der Waals surface area contributed by atoms with Crippen LogP contribution in [0.4, 0.5) is 0 Å². The van der Waals surface area contributed by atoms with Crippen LogP contribution in [0.3, 0.4) is 0 Å². The number of rotatable bonds is 4. The van der Waals surface area contributed by atoms with Crippen LogP contribution < -0.4 is 4.74 Å². The Kier molecular flexibility index (Phi) is 3.92. The maximum absolute atomic E-state index is 10.4. The van der Waals surface area contributed by atoms with Crippen molar-refractivity contribution in [2.75, 3.05) is 7.11 Å². The summed E-state index contributed by atoms with van der Waals surface area (Å²) in [5.41, 5.74) is 2.11. The molecule has 0 aliphatic carbocycles. The van der Waals surface area contributed by atoms with E-state index in [2.05, 4.69) is 0 Å². The van der Waals surface area contributed by atoms with Crippen molar-refractivity contribution in [2.45, 2.75) is 13.3 Å². The van der Waals surface area contributed by atoms with Gasteiger partial charge in [-0.05, 0) is 35.8 Å². The lowest BCUT2D eigenvalue weighted by molar-refractivity contribution is -0.104. The Morgan fingerprint density at radius 3 is 2.43 bits per heavy atom. The predicted molar refractivity (Wildman–Crippen MR) is 57.3 cm³/mol. The summed E-state index contributed by atoms with van der Waals surface area (Å²) < 4.78 is 5.05. The van der Waals surface area contributed by atoms with Gasteiger partial charge in [0.25, 0.3) is 0 Å². The van der Waals surface area contributed by atoms with Crippen molar-refractivity contribution < 1.29 is 9.53 Å². The molecule has 0 heterocycles. The highest BCUT2D eigenvalue weighted by molar-refractivity contribution is 5.81. The lowest BCUT2D eigenvalue weighted by Gasteiger charge is -2.04. The van der Waals surface area contributed by atoms with Gasteiger partial charge in [0, 0.05) is 0 Å². The van der Waals surface area contributed by atoms with Crippen molar-refractivity contribution >= 4 is 11.9 Å². The van der Waals surface area contributed by atoms with Gasteiger partial charge in [-0.25, -0.2) is 0 Å². The second-order valence-corrected chi connectivity index (χ2v) is 2.91. The smallest absolute Gasteiger partial charge is 0.143 e. The SMILES string of the molecule is CCC(=CC=O)c1ccc(OC)cc1. The fourth-order valence-electron chi connectivity index (χ4n) is 1.31. The number of aldehydes is 1. The third-order valence-electron chi connectivity index (χ3n) is 2.11. The van der Waals surface area contributed by atoms with E-state index >= 15 is 0 Å². The minimum absolute atomic E-state index is 0.822. The molecule has 0 aliphatic rings. The molecule has 1 aromatic carbocycles. The highest BCUT2D eigenvalue weighted by atomic mass is 16.5. The second-order valence-electron chi connectivity index (χ2n) is 2.91. The van der Waals surface area contributed by atoms with Crippen LogP contribution in [0.5, 0.6) is 5.75 Å². The average molecular weight is 190 g/mol. The van der Waals surface area contributed by atoms with Gasteiger partial charge >= 0.3 is 0 Å². The van der Waals surface area contributed by atoms with Gasteiger partial charge in [-0.2, -0.15) is 0 Å². The fraction of sp³-hybridized carbons (Fsp3) is 0.250. The van der Waals surface area contributed by atoms with Crippen molar-refractivity contribution in [3.05, 3.63) is 35.9 Å². The Morgan fingerprint density at radius 1 is 1.36 bits per heavy atom. The first-order valence-corrected chi connectivity index (χ1v) is 4.60. The number of allylic oxidation sites excluding steroid dienone is 2. The van der Waals surface area contributed by atoms with Crippen LogP contribution in [0.2, 0.25) is 0 Å². The highest BCUT2D eigenvalue weighted by Gasteiger charge is 1.98. The summed E-state index contributed by atoms with van der Waals surface area (Å²) in [4.78, 5) is 10.4. The van der Waals surface area contributed by atoms with Gasteiger partial charge < -0.3 is 4.74 Å². The van der Waals surface area contributed by atoms with E-state index in [9.17, 15) is 4.79 Å². The second kappa shape index (κ2) is 5.22. The van der Waals surface area contributed by atoms with Gasteiger partial charge in [0.1, 0.15) is 12.0 Å². The van der Waals surface area contributed by atoms with Crippen LogP contribution in [-0.2, 0) is 4.79 Å². The summed E-state index contributed by atoms with van der Waals surface area (Å²) >= 11 is 0. The van der Waals surface area contributed by atoms with E-state index in [1.165, 1.54) is 0 Å². The van der Waals surface area contributed by atoms with Crippen LogP contribution in [0.25, 0.3) is 5.57 Å². The molecule has 0 bridgehead atoms. The maximum Gasteiger partial charge on any atom is 0.143 e. The average Bonchev–Trinajstić information content (AvgIpc) is 2.26. The monoisotopic (exact) mass is 190 g/mol. The standard InChI is InChI=1S/C12H14O2/c1-3-10(8-9-13)11-4-6-12(14-2)7-5-11/h4-9H,3H2,1-2H3. The van der Waals surface area contributed by atoms with Gasteiger partial charge in [-0.1, -0.05) is 19.1 Å². The summed E-state index contributed by atoms with van der Waals surface area (Å²) in [6, 6.07) is 7.70. The quantitative estimate of drug-likeness (QED) is 0.539. The third kappa shape index (κ3) is 2.46. The zero-order valence-corrected chi connectivity index (χ0v) is 8.49. The first kappa shape index (κ1) is 10.5. The van der Waals surface area contributed by atoms with Crippen LogP contribution in [0, 0.1) is 0 Å². The van der Waals surface area contributed by atoms with Gasteiger partial charge in [0.05, 0.1) is 7.11 Å². The van der Waals surface area contributed by atoms with Gasteiger partial charge in [0.15, 0.2) is 0 Å². The van der Waals surface area contributed by atoms with Crippen LogP contribution >= 0.6 is 0 Å². The summed E-state index contributed by atoms with van der Waals surface area (Å²) in [6.07, 6.45) is 3.27. The van der Waals surface area contributed by atoms with E-state index in [4.69, 9.17) is 4.74 Å². The normalized spacial score (nSPS) is 11.1. The molecule has 74 valence electrons. The number of carbonyl (C=O) groups excluding carboxylic acids is 1. The lowest BCUT2D eigenvalue weighted by atomic mass is 10.0. The number of hydrogen-bond acceptors (Lipinski definition) is 2. The Balaban J connectivity index is 2.95. The van der Waals surface area contributed by atoms with Crippen molar-refractivity contribution in [2.24, 2.45) is 0 Å². The van der Waals surface area contributed by atoms with E-state index in [-0.39, 0.29) is 0 Å². The predicted octanol–water partition coefficient (Wildman–Crippen LogP) is 2.69. The minimum atomic E-state index is 0.822. The molecule has 1 rings (SSSR count). The van der Waals surface area contributed by atoms with Crippen molar-refractivity contribution in [1.82, 2.24) is 0 Å². The van der Waals surface area contributed by atoms with Crippen molar-refractivity contribution in [1.29, 1.82) is 0 Å². The molecule has 2 nitrogen and oxygen atoms in total. The molecule has 0 atom stereocenters.